The van der Waals surface area contributed by atoms with Crippen LogP contribution in [0.3, 0.4) is 0 Å². The molecule has 0 unspecified atom stereocenters. The molecule has 1 aromatic heterocycles. The average Bonchev–Trinajstić information content (AvgIpc) is 2.91. The van der Waals surface area contributed by atoms with Crippen LogP contribution < -0.4 is 4.72 Å². The van der Waals surface area contributed by atoms with Crippen LogP contribution >= 0.6 is 23.7 Å². The standard InChI is InChI=1S/C12H13N3O3S2.ClH/c1-2-18-11(13)9-3-5-10(6-4-9)20(16,17)15-12-14-7-8-19-12;/h3-8,13H,2H2,1H3,(H,14,15);1H. The van der Waals surface area contributed by atoms with Crippen molar-refractivity contribution < 1.29 is 13.2 Å². The normalized spacial score (nSPS) is 10.5. The van der Waals surface area contributed by atoms with E-state index < -0.39 is 10.0 Å². The largest absolute Gasteiger partial charge is 0.478 e. The topological polar surface area (TPSA) is 92.1 Å². The maximum atomic E-state index is 12.1. The molecule has 9 heteroatoms. The Morgan fingerprint density at radius 1 is 1.38 bits per heavy atom. The Labute approximate surface area is 133 Å². The summed E-state index contributed by atoms with van der Waals surface area (Å²) in [4.78, 5) is 3.98. The minimum absolute atomic E-state index is 0. The highest BCUT2D eigenvalue weighted by Gasteiger charge is 2.15. The van der Waals surface area contributed by atoms with Crippen LogP contribution in [0.15, 0.2) is 40.7 Å². The number of anilines is 1. The third kappa shape index (κ3) is 4.42. The van der Waals surface area contributed by atoms with E-state index in [0.29, 0.717) is 17.3 Å². The Kier molecular flexibility index (Phi) is 6.13. The molecule has 0 aliphatic carbocycles. The molecule has 0 fully saturated rings. The Bertz CT molecular complexity index is 685. The molecule has 1 aromatic carbocycles. The number of ether oxygens (including phenoxy) is 1. The summed E-state index contributed by atoms with van der Waals surface area (Å²) in [5.41, 5.74) is 0.528. The number of hydrogen-bond donors (Lipinski definition) is 2. The van der Waals surface area contributed by atoms with Gasteiger partial charge >= 0.3 is 0 Å². The van der Waals surface area contributed by atoms with Crippen molar-refractivity contribution in [3.05, 3.63) is 41.4 Å². The number of thiazole rings is 1. The van der Waals surface area contributed by atoms with Gasteiger partial charge in [0.05, 0.1) is 11.5 Å². The van der Waals surface area contributed by atoms with E-state index in [1.165, 1.54) is 41.8 Å². The summed E-state index contributed by atoms with van der Waals surface area (Å²) in [6.07, 6.45) is 1.52. The van der Waals surface area contributed by atoms with Crippen molar-refractivity contribution in [3.8, 4) is 0 Å². The van der Waals surface area contributed by atoms with E-state index in [9.17, 15) is 8.42 Å². The highest BCUT2D eigenvalue weighted by molar-refractivity contribution is 7.93. The van der Waals surface area contributed by atoms with Gasteiger partial charge in [0.1, 0.15) is 0 Å². The summed E-state index contributed by atoms with van der Waals surface area (Å²) in [7, 11) is -3.65. The summed E-state index contributed by atoms with van der Waals surface area (Å²) in [6.45, 7) is 2.18. The number of nitrogens with zero attached hydrogens (tertiary/aromatic N) is 1. The number of aromatic nitrogens is 1. The predicted molar refractivity (Wildman–Crippen MR) is 85.1 cm³/mol. The van der Waals surface area contributed by atoms with Gasteiger partial charge in [-0.2, -0.15) is 0 Å². The van der Waals surface area contributed by atoms with Crippen LogP contribution in [0.2, 0.25) is 0 Å². The highest BCUT2D eigenvalue weighted by atomic mass is 35.5. The summed E-state index contributed by atoms with van der Waals surface area (Å²) >= 11 is 1.20. The van der Waals surface area contributed by atoms with Crippen LogP contribution in [-0.4, -0.2) is 25.9 Å². The second-order valence-electron chi connectivity index (χ2n) is 3.73. The van der Waals surface area contributed by atoms with Gasteiger partial charge in [0.15, 0.2) is 5.13 Å². The molecule has 114 valence electrons. The Morgan fingerprint density at radius 2 is 2.05 bits per heavy atom. The molecule has 0 radical (unpaired) electrons. The molecule has 0 aliphatic heterocycles. The molecule has 0 bridgehead atoms. The zero-order chi connectivity index (χ0) is 14.6. The lowest BCUT2D eigenvalue weighted by molar-refractivity contribution is 0.325. The van der Waals surface area contributed by atoms with Crippen LogP contribution in [-0.2, 0) is 14.8 Å². The van der Waals surface area contributed by atoms with Crippen LogP contribution in [0.4, 0.5) is 5.13 Å². The molecule has 21 heavy (non-hydrogen) atoms. The van der Waals surface area contributed by atoms with Gasteiger partial charge in [-0.25, -0.2) is 13.4 Å². The van der Waals surface area contributed by atoms with Gasteiger partial charge in [0, 0.05) is 17.1 Å². The van der Waals surface area contributed by atoms with Gasteiger partial charge in [-0.1, -0.05) is 0 Å². The number of nitrogens with one attached hydrogen (secondary N) is 2. The number of halogens is 1. The van der Waals surface area contributed by atoms with Crippen molar-refractivity contribution in [2.45, 2.75) is 11.8 Å². The zero-order valence-electron chi connectivity index (χ0n) is 11.1. The maximum Gasteiger partial charge on any atom is 0.263 e. The molecule has 6 nitrogen and oxygen atoms in total. The van der Waals surface area contributed by atoms with Crippen molar-refractivity contribution in [1.82, 2.24) is 4.98 Å². The Hall–Kier alpha value is -1.64. The number of benzene rings is 1. The van der Waals surface area contributed by atoms with Crippen LogP contribution in [0.1, 0.15) is 12.5 Å². The maximum absolute atomic E-state index is 12.1. The summed E-state index contributed by atoms with van der Waals surface area (Å²) in [6, 6.07) is 5.93. The summed E-state index contributed by atoms with van der Waals surface area (Å²) in [5.74, 6) is 0.0179. The van der Waals surface area contributed by atoms with Gasteiger partial charge in [-0.3, -0.25) is 10.1 Å². The molecular formula is C12H14ClN3O3S2. The smallest absolute Gasteiger partial charge is 0.263 e. The molecule has 2 rings (SSSR count). The second-order valence-corrected chi connectivity index (χ2v) is 6.31. The fourth-order valence-electron chi connectivity index (χ4n) is 1.46. The van der Waals surface area contributed by atoms with E-state index in [-0.39, 0.29) is 23.2 Å². The lowest BCUT2D eigenvalue weighted by Gasteiger charge is -2.07. The Balaban J connectivity index is 0.00000220. The van der Waals surface area contributed by atoms with Crippen LogP contribution in [0, 0.1) is 5.41 Å². The van der Waals surface area contributed by atoms with Gasteiger partial charge in [-0.05, 0) is 31.2 Å². The second kappa shape index (κ2) is 7.39. The first-order chi connectivity index (χ1) is 9.53. The van der Waals surface area contributed by atoms with Gasteiger partial charge < -0.3 is 4.74 Å². The number of rotatable bonds is 5. The number of sulfonamides is 1. The molecule has 0 aliphatic rings. The van der Waals surface area contributed by atoms with Crippen LogP contribution in [0.25, 0.3) is 0 Å². The highest BCUT2D eigenvalue weighted by Crippen LogP contribution is 2.18. The fraction of sp³-hybridized carbons (Fsp3) is 0.167. The van der Waals surface area contributed by atoms with Gasteiger partial charge in [-0.15, -0.1) is 23.7 Å². The molecule has 0 atom stereocenters. The van der Waals surface area contributed by atoms with Crippen molar-refractivity contribution in [2.75, 3.05) is 11.3 Å². The van der Waals surface area contributed by atoms with Crippen molar-refractivity contribution in [2.24, 2.45) is 0 Å². The third-order valence-corrected chi connectivity index (χ3v) is 4.54. The molecule has 0 saturated carbocycles. The first-order valence-corrected chi connectivity index (χ1v) is 8.13. The fourth-order valence-corrected chi connectivity index (χ4v) is 3.25. The minimum atomic E-state index is -3.65. The van der Waals surface area contributed by atoms with Crippen molar-refractivity contribution in [3.63, 3.8) is 0 Å². The van der Waals surface area contributed by atoms with Crippen LogP contribution in [0.5, 0.6) is 0 Å². The number of hydrogen-bond acceptors (Lipinski definition) is 6. The summed E-state index contributed by atoms with van der Waals surface area (Å²) < 4.78 is 31.6. The average molecular weight is 348 g/mol. The SMILES string of the molecule is CCOC(=N)c1ccc(S(=O)(=O)Nc2nccs2)cc1.Cl. The third-order valence-electron chi connectivity index (χ3n) is 2.37. The van der Waals surface area contributed by atoms with E-state index in [0.717, 1.165) is 0 Å². The zero-order valence-corrected chi connectivity index (χ0v) is 13.5. The first kappa shape index (κ1) is 17.4. The molecule has 0 saturated heterocycles. The molecular weight excluding hydrogens is 334 g/mol. The monoisotopic (exact) mass is 347 g/mol. The summed E-state index contributed by atoms with van der Waals surface area (Å²) in [5, 5.41) is 9.62. The van der Waals surface area contributed by atoms with E-state index in [1.54, 1.807) is 12.3 Å². The first-order valence-electron chi connectivity index (χ1n) is 5.77. The molecule has 0 spiro atoms. The van der Waals surface area contributed by atoms with E-state index >= 15 is 0 Å². The van der Waals surface area contributed by atoms with Crippen molar-refractivity contribution in [1.29, 1.82) is 5.41 Å². The predicted octanol–water partition coefficient (Wildman–Crippen LogP) is 2.73. The van der Waals surface area contributed by atoms with Gasteiger partial charge in [0.25, 0.3) is 10.0 Å². The molecule has 2 N–H and O–H groups in total. The molecule has 0 amide bonds. The van der Waals surface area contributed by atoms with E-state index in [4.69, 9.17) is 10.1 Å². The quantitative estimate of drug-likeness (QED) is 0.642. The molecule has 1 heterocycles. The van der Waals surface area contributed by atoms with Gasteiger partial charge in [0.2, 0.25) is 5.90 Å². The Morgan fingerprint density at radius 3 is 2.57 bits per heavy atom. The minimum Gasteiger partial charge on any atom is -0.478 e. The lowest BCUT2D eigenvalue weighted by Crippen LogP contribution is -2.13. The van der Waals surface area contributed by atoms with E-state index in [2.05, 4.69) is 9.71 Å². The van der Waals surface area contributed by atoms with Crippen molar-refractivity contribution >= 4 is 44.8 Å². The lowest BCUT2D eigenvalue weighted by atomic mass is 10.2. The molecule has 2 aromatic rings. The van der Waals surface area contributed by atoms with E-state index in [1.807, 2.05) is 0 Å².